The third-order valence-corrected chi connectivity index (χ3v) is 7.64. The van der Waals surface area contributed by atoms with Crippen molar-refractivity contribution in [2.75, 3.05) is 37.4 Å². The van der Waals surface area contributed by atoms with Crippen molar-refractivity contribution in [3.63, 3.8) is 0 Å². The number of nitro benzene ring substituents is 1. The molecule has 1 saturated heterocycles. The molecular formula is C30H36N7O4+. The van der Waals surface area contributed by atoms with Crippen LogP contribution in [-0.2, 0) is 11.2 Å². The van der Waals surface area contributed by atoms with Crippen molar-refractivity contribution in [3.8, 4) is 0 Å². The summed E-state index contributed by atoms with van der Waals surface area (Å²) in [5, 5.41) is 15.3. The van der Waals surface area contributed by atoms with E-state index in [0.29, 0.717) is 36.2 Å². The van der Waals surface area contributed by atoms with E-state index in [9.17, 15) is 14.9 Å². The molecule has 214 valence electrons. The molecule has 5 rings (SSSR count). The summed E-state index contributed by atoms with van der Waals surface area (Å²) in [4.78, 5) is 38.1. The van der Waals surface area contributed by atoms with Gasteiger partial charge in [0.15, 0.2) is 5.56 Å². The normalized spacial score (nSPS) is 16.4. The SMILES string of the molecule is Cc1cc(N(C)C[C@H]2CCCN2C)c([N+](=O)[O-])cc1Nc1ncc(C(=O)OC(C)C)c([N+]2=CCc3ccccc32)n1. The highest BCUT2D eigenvalue weighted by atomic mass is 16.6. The fourth-order valence-corrected chi connectivity index (χ4v) is 5.46. The summed E-state index contributed by atoms with van der Waals surface area (Å²) in [7, 11) is 3.99. The summed E-state index contributed by atoms with van der Waals surface area (Å²) in [5.41, 5.74) is 4.15. The Balaban J connectivity index is 1.49. The van der Waals surface area contributed by atoms with Crippen LogP contribution in [0.25, 0.3) is 0 Å². The number of nitro groups is 1. The van der Waals surface area contributed by atoms with Crippen molar-refractivity contribution < 1.29 is 14.5 Å². The van der Waals surface area contributed by atoms with E-state index in [1.165, 1.54) is 12.3 Å². The van der Waals surface area contributed by atoms with Gasteiger partial charge >= 0.3 is 17.7 Å². The van der Waals surface area contributed by atoms with Crippen LogP contribution in [0.15, 0.2) is 42.6 Å². The molecule has 0 spiro atoms. The van der Waals surface area contributed by atoms with Crippen LogP contribution in [0.3, 0.4) is 0 Å². The fourth-order valence-electron chi connectivity index (χ4n) is 5.46. The number of likely N-dealkylation sites (tertiary alicyclic amines) is 1. The highest BCUT2D eigenvalue weighted by Crippen LogP contribution is 2.36. The molecule has 11 nitrogen and oxygen atoms in total. The summed E-state index contributed by atoms with van der Waals surface area (Å²) in [5.74, 6) is 0.0682. The second kappa shape index (κ2) is 11.6. The van der Waals surface area contributed by atoms with Gasteiger partial charge in [-0.1, -0.05) is 18.2 Å². The van der Waals surface area contributed by atoms with Gasteiger partial charge in [0, 0.05) is 37.7 Å². The van der Waals surface area contributed by atoms with E-state index in [4.69, 9.17) is 9.72 Å². The Kier molecular flexibility index (Phi) is 7.98. The molecule has 2 aliphatic rings. The molecule has 0 unspecified atom stereocenters. The van der Waals surface area contributed by atoms with Crippen LogP contribution in [0.4, 0.5) is 34.5 Å². The van der Waals surface area contributed by atoms with Crippen LogP contribution >= 0.6 is 0 Å². The van der Waals surface area contributed by atoms with Crippen LogP contribution in [0.1, 0.15) is 48.2 Å². The minimum Gasteiger partial charge on any atom is -0.459 e. The van der Waals surface area contributed by atoms with E-state index < -0.39 is 5.97 Å². The van der Waals surface area contributed by atoms with Gasteiger partial charge in [-0.05, 0) is 69.9 Å². The van der Waals surface area contributed by atoms with Gasteiger partial charge in [-0.3, -0.25) is 10.1 Å². The van der Waals surface area contributed by atoms with E-state index in [1.54, 1.807) is 13.8 Å². The summed E-state index contributed by atoms with van der Waals surface area (Å²) in [6.45, 7) is 7.21. The van der Waals surface area contributed by atoms with Gasteiger partial charge < -0.3 is 19.9 Å². The first-order chi connectivity index (χ1) is 19.6. The first-order valence-electron chi connectivity index (χ1n) is 13.9. The lowest BCUT2D eigenvalue weighted by molar-refractivity contribution is -0.384. The second-order valence-corrected chi connectivity index (χ2v) is 11.0. The van der Waals surface area contributed by atoms with Crippen LogP contribution in [0.5, 0.6) is 0 Å². The average molecular weight is 559 g/mol. The number of carbonyl (C=O) groups is 1. The van der Waals surface area contributed by atoms with Gasteiger partial charge in [0.1, 0.15) is 11.4 Å². The Morgan fingerprint density at radius 3 is 2.80 bits per heavy atom. The largest absolute Gasteiger partial charge is 0.459 e. The minimum absolute atomic E-state index is 0.000378. The number of carbonyl (C=O) groups excluding carboxylic acids is 1. The topological polar surface area (TPSA) is 117 Å². The Hall–Kier alpha value is -4.38. The number of rotatable bonds is 9. The number of hydrogen-bond donors (Lipinski definition) is 1. The summed E-state index contributed by atoms with van der Waals surface area (Å²) in [6, 6.07) is 11.6. The first-order valence-corrected chi connectivity index (χ1v) is 13.9. The van der Waals surface area contributed by atoms with Gasteiger partial charge in [-0.2, -0.15) is 9.56 Å². The zero-order valence-corrected chi connectivity index (χ0v) is 24.1. The third-order valence-electron chi connectivity index (χ3n) is 7.64. The fraction of sp³-hybridized carbons (Fsp3) is 0.400. The van der Waals surface area contributed by atoms with Crippen molar-refractivity contribution in [1.82, 2.24) is 19.4 Å². The lowest BCUT2D eigenvalue weighted by Gasteiger charge is -2.27. The Labute approximate surface area is 239 Å². The summed E-state index contributed by atoms with van der Waals surface area (Å²) in [6.07, 6.45) is 6.00. The number of aryl methyl sites for hydroxylation is 1. The molecule has 0 bridgehead atoms. The van der Waals surface area contributed by atoms with E-state index in [-0.39, 0.29) is 28.2 Å². The highest BCUT2D eigenvalue weighted by molar-refractivity contribution is 5.96. The van der Waals surface area contributed by atoms with Crippen LogP contribution in [-0.4, -0.2) is 71.3 Å². The smallest absolute Gasteiger partial charge is 0.348 e. The number of anilines is 3. The van der Waals surface area contributed by atoms with Crippen LogP contribution in [0.2, 0.25) is 0 Å². The molecule has 3 aromatic rings. The molecule has 11 heteroatoms. The van der Waals surface area contributed by atoms with Crippen molar-refractivity contribution in [2.24, 2.45) is 0 Å². The van der Waals surface area contributed by atoms with Crippen molar-refractivity contribution in [1.29, 1.82) is 0 Å². The predicted molar refractivity (Wildman–Crippen MR) is 160 cm³/mol. The van der Waals surface area contributed by atoms with Crippen molar-refractivity contribution in [3.05, 3.63) is 69.4 Å². The molecule has 0 aliphatic carbocycles. The maximum Gasteiger partial charge on any atom is 0.348 e. The average Bonchev–Trinajstić information content (AvgIpc) is 3.54. The molecule has 0 radical (unpaired) electrons. The van der Waals surface area contributed by atoms with E-state index in [0.717, 1.165) is 36.2 Å². The maximum absolute atomic E-state index is 13.0. The van der Waals surface area contributed by atoms with Crippen molar-refractivity contribution in [2.45, 2.75) is 52.2 Å². The van der Waals surface area contributed by atoms with Gasteiger partial charge in [0.05, 0.1) is 29.1 Å². The number of nitrogens with zero attached hydrogens (tertiary/aromatic N) is 6. The number of para-hydroxylation sites is 1. The number of aromatic nitrogens is 2. The Morgan fingerprint density at radius 1 is 1.32 bits per heavy atom. The lowest BCUT2D eigenvalue weighted by atomic mass is 10.1. The predicted octanol–water partition coefficient (Wildman–Crippen LogP) is 4.99. The molecule has 1 atom stereocenters. The molecule has 1 aromatic heterocycles. The molecule has 2 aromatic carbocycles. The number of fused-ring (bicyclic) bond motifs is 1. The number of nitrogens with one attached hydrogen (secondary N) is 1. The summed E-state index contributed by atoms with van der Waals surface area (Å²) < 4.78 is 7.34. The van der Waals surface area contributed by atoms with E-state index in [1.807, 2.05) is 60.0 Å². The molecule has 1 fully saturated rings. The third kappa shape index (κ3) is 5.90. The Bertz CT molecular complexity index is 1520. The molecule has 2 aliphatic heterocycles. The van der Waals surface area contributed by atoms with Crippen LogP contribution in [0, 0.1) is 17.0 Å². The number of ether oxygens (including phenoxy) is 1. The molecular weight excluding hydrogens is 522 g/mol. The highest BCUT2D eigenvalue weighted by Gasteiger charge is 2.32. The monoisotopic (exact) mass is 558 g/mol. The molecule has 3 heterocycles. The van der Waals surface area contributed by atoms with E-state index >= 15 is 0 Å². The lowest BCUT2D eigenvalue weighted by Crippen LogP contribution is -2.36. The number of hydrogen-bond acceptors (Lipinski definition) is 9. The zero-order valence-electron chi connectivity index (χ0n) is 24.1. The zero-order chi connectivity index (χ0) is 29.3. The summed E-state index contributed by atoms with van der Waals surface area (Å²) >= 11 is 0. The van der Waals surface area contributed by atoms with Gasteiger partial charge in [-0.25, -0.2) is 4.79 Å². The number of esters is 1. The maximum atomic E-state index is 13.0. The Morgan fingerprint density at radius 2 is 2.10 bits per heavy atom. The van der Waals surface area contributed by atoms with Gasteiger partial charge in [-0.15, -0.1) is 0 Å². The van der Waals surface area contributed by atoms with Gasteiger partial charge in [0.2, 0.25) is 0 Å². The molecule has 1 N–H and O–H groups in total. The quantitative estimate of drug-likeness (QED) is 0.168. The number of likely N-dealkylation sites (N-methyl/N-ethyl adjacent to an activating group) is 2. The second-order valence-electron chi connectivity index (χ2n) is 11.0. The van der Waals surface area contributed by atoms with Gasteiger partial charge in [0.25, 0.3) is 5.69 Å². The van der Waals surface area contributed by atoms with E-state index in [2.05, 4.69) is 22.2 Å². The minimum atomic E-state index is -0.522. The molecule has 0 saturated carbocycles. The standard InChI is InChI=1S/C30H35N7O4/c1-19(2)41-29(38)23-17-31-30(33-28(23)36-14-12-21-9-6-7-11-25(21)36)32-24-16-27(37(39)40)26(15-20(24)3)35(5)18-22-10-8-13-34(22)4/h6-7,9,11,14-17,19,22H,8,10,12-13,18H2,1-5H3/p+1/t22-/m1/s1. The number of benzene rings is 2. The van der Waals surface area contributed by atoms with Crippen LogP contribution < -0.4 is 14.8 Å². The first kappa shape index (κ1) is 28.2. The van der Waals surface area contributed by atoms with Crippen molar-refractivity contribution >= 4 is 46.7 Å². The molecule has 0 amide bonds. The molecule has 41 heavy (non-hydrogen) atoms.